The lowest BCUT2D eigenvalue weighted by molar-refractivity contribution is 0.488. The standard InChI is InChI=1S/C16H18F2N2/c1-2-20-16(6-3-12-7-9-19-10-8-12)13-4-5-14(17)15(18)11-13/h4-5,7-11,16,20H,2-3,6H2,1H3. The Kier molecular flexibility index (Phi) is 5.18. The molecule has 1 aromatic heterocycles. The van der Waals surface area contributed by atoms with E-state index in [0.29, 0.717) is 0 Å². The molecule has 0 fully saturated rings. The van der Waals surface area contributed by atoms with Crippen LogP contribution in [0.4, 0.5) is 8.78 Å². The summed E-state index contributed by atoms with van der Waals surface area (Å²) in [6.07, 6.45) is 5.20. The number of aromatic nitrogens is 1. The van der Waals surface area contributed by atoms with E-state index >= 15 is 0 Å². The average Bonchev–Trinajstić information content (AvgIpc) is 2.47. The maximum absolute atomic E-state index is 13.3. The first-order valence-corrected chi connectivity index (χ1v) is 6.78. The number of halogens is 2. The predicted molar refractivity (Wildman–Crippen MR) is 75.3 cm³/mol. The monoisotopic (exact) mass is 276 g/mol. The van der Waals surface area contributed by atoms with Crippen LogP contribution in [0, 0.1) is 11.6 Å². The molecule has 0 aliphatic heterocycles. The van der Waals surface area contributed by atoms with Gasteiger partial charge >= 0.3 is 0 Å². The summed E-state index contributed by atoms with van der Waals surface area (Å²) in [5.41, 5.74) is 1.96. The van der Waals surface area contributed by atoms with Gasteiger partial charge in [0.1, 0.15) is 0 Å². The molecular weight excluding hydrogens is 258 g/mol. The SMILES string of the molecule is CCNC(CCc1ccncc1)c1ccc(F)c(F)c1. The summed E-state index contributed by atoms with van der Waals surface area (Å²) in [5.74, 6) is -1.60. The van der Waals surface area contributed by atoms with Crippen molar-refractivity contribution >= 4 is 0 Å². The predicted octanol–water partition coefficient (Wildman–Crippen LogP) is 3.64. The number of benzene rings is 1. The van der Waals surface area contributed by atoms with E-state index < -0.39 is 11.6 Å². The molecule has 1 unspecified atom stereocenters. The van der Waals surface area contributed by atoms with Crippen LogP contribution in [0.2, 0.25) is 0 Å². The van der Waals surface area contributed by atoms with Gasteiger partial charge in [-0.15, -0.1) is 0 Å². The van der Waals surface area contributed by atoms with Crippen molar-refractivity contribution in [2.45, 2.75) is 25.8 Å². The van der Waals surface area contributed by atoms with Crippen LogP contribution in [0.25, 0.3) is 0 Å². The molecule has 0 saturated carbocycles. The number of rotatable bonds is 6. The first-order chi connectivity index (χ1) is 9.70. The molecule has 0 spiro atoms. The second kappa shape index (κ2) is 7.10. The van der Waals surface area contributed by atoms with Crippen LogP contribution in [0.1, 0.15) is 30.5 Å². The maximum Gasteiger partial charge on any atom is 0.159 e. The molecule has 2 aromatic rings. The summed E-state index contributed by atoms with van der Waals surface area (Å²) in [4.78, 5) is 3.98. The van der Waals surface area contributed by atoms with E-state index in [-0.39, 0.29) is 6.04 Å². The third-order valence-corrected chi connectivity index (χ3v) is 3.27. The fourth-order valence-corrected chi connectivity index (χ4v) is 2.22. The Bertz CT molecular complexity index is 543. The van der Waals surface area contributed by atoms with E-state index in [2.05, 4.69) is 10.3 Å². The number of hydrogen-bond acceptors (Lipinski definition) is 2. The Balaban J connectivity index is 2.08. The molecule has 0 amide bonds. The van der Waals surface area contributed by atoms with Crippen molar-refractivity contribution < 1.29 is 8.78 Å². The summed E-state index contributed by atoms with van der Waals surface area (Å²) in [6.45, 7) is 2.78. The number of hydrogen-bond donors (Lipinski definition) is 1. The average molecular weight is 276 g/mol. The Hall–Kier alpha value is -1.81. The van der Waals surface area contributed by atoms with E-state index in [9.17, 15) is 8.78 Å². The molecule has 0 bridgehead atoms. The van der Waals surface area contributed by atoms with Gasteiger partial charge in [0.25, 0.3) is 0 Å². The lowest BCUT2D eigenvalue weighted by atomic mass is 9.99. The number of nitrogens with zero attached hydrogens (tertiary/aromatic N) is 1. The first kappa shape index (κ1) is 14.6. The third-order valence-electron chi connectivity index (χ3n) is 3.27. The van der Waals surface area contributed by atoms with E-state index in [1.165, 1.54) is 17.7 Å². The lowest BCUT2D eigenvalue weighted by Gasteiger charge is -2.18. The Morgan fingerprint density at radius 3 is 2.50 bits per heavy atom. The van der Waals surface area contributed by atoms with Crippen molar-refractivity contribution in [1.82, 2.24) is 10.3 Å². The summed E-state index contributed by atoms with van der Waals surface area (Å²) in [6, 6.07) is 8.04. The third kappa shape index (κ3) is 3.84. The topological polar surface area (TPSA) is 24.9 Å². The molecule has 20 heavy (non-hydrogen) atoms. The van der Waals surface area contributed by atoms with Crippen LogP contribution in [0.5, 0.6) is 0 Å². The molecule has 1 heterocycles. The van der Waals surface area contributed by atoms with E-state index in [4.69, 9.17) is 0 Å². The van der Waals surface area contributed by atoms with Gasteiger partial charge in [-0.1, -0.05) is 13.0 Å². The van der Waals surface area contributed by atoms with Crippen molar-refractivity contribution in [2.24, 2.45) is 0 Å². The normalized spacial score (nSPS) is 12.3. The van der Waals surface area contributed by atoms with Crippen molar-refractivity contribution in [3.8, 4) is 0 Å². The Morgan fingerprint density at radius 1 is 1.10 bits per heavy atom. The highest BCUT2D eigenvalue weighted by atomic mass is 19.2. The van der Waals surface area contributed by atoms with Gasteiger partial charge in [0, 0.05) is 18.4 Å². The fraction of sp³-hybridized carbons (Fsp3) is 0.312. The molecule has 106 valence electrons. The molecule has 1 aromatic carbocycles. The molecule has 2 nitrogen and oxygen atoms in total. The van der Waals surface area contributed by atoms with Crippen molar-refractivity contribution in [3.05, 3.63) is 65.5 Å². The van der Waals surface area contributed by atoms with Gasteiger partial charge in [-0.05, 0) is 54.8 Å². The van der Waals surface area contributed by atoms with E-state index in [1.807, 2.05) is 19.1 Å². The summed E-state index contributed by atoms with van der Waals surface area (Å²) >= 11 is 0. The highest BCUT2D eigenvalue weighted by Crippen LogP contribution is 2.21. The van der Waals surface area contributed by atoms with Crippen LogP contribution in [-0.2, 0) is 6.42 Å². The number of aryl methyl sites for hydroxylation is 1. The molecule has 2 rings (SSSR count). The van der Waals surface area contributed by atoms with Crippen LogP contribution >= 0.6 is 0 Å². The minimum atomic E-state index is -0.807. The van der Waals surface area contributed by atoms with Crippen molar-refractivity contribution in [2.75, 3.05) is 6.54 Å². The molecule has 0 radical (unpaired) electrons. The molecule has 4 heteroatoms. The number of nitrogens with one attached hydrogen (secondary N) is 1. The molecular formula is C16H18F2N2. The van der Waals surface area contributed by atoms with Crippen LogP contribution in [0.3, 0.4) is 0 Å². The zero-order chi connectivity index (χ0) is 14.4. The van der Waals surface area contributed by atoms with E-state index in [1.54, 1.807) is 18.5 Å². The number of pyridine rings is 1. The molecule has 1 N–H and O–H groups in total. The zero-order valence-corrected chi connectivity index (χ0v) is 11.4. The van der Waals surface area contributed by atoms with Crippen molar-refractivity contribution in [3.63, 3.8) is 0 Å². The van der Waals surface area contributed by atoms with Gasteiger partial charge in [-0.25, -0.2) is 8.78 Å². The Labute approximate surface area is 117 Å². The quantitative estimate of drug-likeness (QED) is 0.871. The minimum absolute atomic E-state index is 0.0169. The summed E-state index contributed by atoms with van der Waals surface area (Å²) in [5, 5.41) is 3.31. The highest BCUT2D eigenvalue weighted by molar-refractivity contribution is 5.22. The second-order valence-corrected chi connectivity index (χ2v) is 4.68. The molecule has 0 aliphatic carbocycles. The summed E-state index contributed by atoms with van der Waals surface area (Å²) in [7, 11) is 0. The van der Waals surface area contributed by atoms with Gasteiger partial charge in [-0.3, -0.25) is 4.98 Å². The second-order valence-electron chi connectivity index (χ2n) is 4.68. The van der Waals surface area contributed by atoms with Gasteiger partial charge < -0.3 is 5.32 Å². The fourth-order valence-electron chi connectivity index (χ4n) is 2.22. The zero-order valence-electron chi connectivity index (χ0n) is 11.4. The smallest absolute Gasteiger partial charge is 0.159 e. The highest BCUT2D eigenvalue weighted by Gasteiger charge is 2.13. The van der Waals surface area contributed by atoms with Gasteiger partial charge in [0.05, 0.1) is 0 Å². The summed E-state index contributed by atoms with van der Waals surface area (Å²) < 4.78 is 26.3. The maximum atomic E-state index is 13.3. The lowest BCUT2D eigenvalue weighted by Crippen LogP contribution is -2.21. The largest absolute Gasteiger partial charge is 0.310 e. The van der Waals surface area contributed by atoms with Crippen LogP contribution in [-0.4, -0.2) is 11.5 Å². The molecule has 0 saturated heterocycles. The van der Waals surface area contributed by atoms with Crippen LogP contribution in [0.15, 0.2) is 42.7 Å². The van der Waals surface area contributed by atoms with Gasteiger partial charge in [-0.2, -0.15) is 0 Å². The Morgan fingerprint density at radius 2 is 1.85 bits per heavy atom. The van der Waals surface area contributed by atoms with Crippen LogP contribution < -0.4 is 5.32 Å². The van der Waals surface area contributed by atoms with Gasteiger partial charge in [0.2, 0.25) is 0 Å². The van der Waals surface area contributed by atoms with Crippen molar-refractivity contribution in [1.29, 1.82) is 0 Å². The van der Waals surface area contributed by atoms with E-state index in [0.717, 1.165) is 24.9 Å². The minimum Gasteiger partial charge on any atom is -0.310 e. The first-order valence-electron chi connectivity index (χ1n) is 6.78. The molecule has 1 atom stereocenters. The molecule has 0 aliphatic rings. The van der Waals surface area contributed by atoms with Gasteiger partial charge in [0.15, 0.2) is 11.6 Å².